The fourth-order valence-electron chi connectivity index (χ4n) is 3.68. The van der Waals surface area contributed by atoms with E-state index in [1.54, 1.807) is 31.2 Å². The molecule has 0 atom stereocenters. The Hall–Kier alpha value is -4.21. The summed E-state index contributed by atoms with van der Waals surface area (Å²) in [5.74, 6) is -0.383. The smallest absolute Gasteiger partial charge is 0.338 e. The topological polar surface area (TPSA) is 126 Å². The van der Waals surface area contributed by atoms with Gasteiger partial charge >= 0.3 is 12.0 Å². The first-order valence-corrected chi connectivity index (χ1v) is 12.4. The second-order valence-electron chi connectivity index (χ2n) is 8.10. The third kappa shape index (κ3) is 6.56. The predicted octanol–water partition coefficient (Wildman–Crippen LogP) is 5.35. The van der Waals surface area contributed by atoms with Gasteiger partial charge in [-0.05, 0) is 48.7 Å². The molecule has 2 aromatic heterocycles. The maximum atomic E-state index is 12.4. The van der Waals surface area contributed by atoms with Crippen molar-refractivity contribution in [2.24, 2.45) is 0 Å². The monoisotopic (exact) mass is 551 g/mol. The normalized spacial score (nSPS) is 10.6. The Kier molecular flexibility index (Phi) is 8.73. The highest BCUT2D eigenvalue weighted by Gasteiger charge is 2.12. The highest BCUT2D eigenvalue weighted by Crippen LogP contribution is 2.28. The first kappa shape index (κ1) is 26.8. The number of anilines is 1. The van der Waals surface area contributed by atoms with Gasteiger partial charge in [-0.2, -0.15) is 5.10 Å². The number of pyridine rings is 1. The van der Waals surface area contributed by atoms with E-state index >= 15 is 0 Å². The van der Waals surface area contributed by atoms with E-state index in [-0.39, 0.29) is 40.2 Å². The number of hydrogen-bond donors (Lipinski definition) is 3. The second-order valence-corrected chi connectivity index (χ2v) is 8.91. The summed E-state index contributed by atoms with van der Waals surface area (Å²) in [6.07, 6.45) is 3.00. The van der Waals surface area contributed by atoms with Crippen molar-refractivity contribution in [2.75, 3.05) is 18.5 Å². The fraction of sp³-hybridized carbons (Fsp3) is 0.148. The number of aromatic nitrogens is 3. The Morgan fingerprint density at radius 1 is 0.974 bits per heavy atom. The molecule has 0 unspecified atom stereocenters. The van der Waals surface area contributed by atoms with E-state index in [1.165, 1.54) is 12.4 Å². The van der Waals surface area contributed by atoms with E-state index in [1.807, 2.05) is 30.3 Å². The number of hydrogen-bond acceptors (Lipinski definition) is 6. The van der Waals surface area contributed by atoms with Crippen LogP contribution in [0.1, 0.15) is 22.8 Å². The van der Waals surface area contributed by atoms with E-state index in [9.17, 15) is 14.4 Å². The van der Waals surface area contributed by atoms with Crippen molar-refractivity contribution in [3.8, 4) is 22.4 Å². The molecular weight excluding hydrogens is 529 g/mol. The second kappa shape index (κ2) is 12.4. The van der Waals surface area contributed by atoms with Crippen molar-refractivity contribution >= 4 is 40.9 Å². The van der Waals surface area contributed by atoms with Gasteiger partial charge in [0.15, 0.2) is 0 Å². The molecule has 11 heteroatoms. The van der Waals surface area contributed by atoms with E-state index < -0.39 is 6.03 Å². The molecule has 2 amide bonds. The molecule has 4 aromatic rings. The molecule has 0 aliphatic carbocycles. The number of aromatic amines is 1. The number of carbonyl (C=O) groups excluding carboxylic acids is 2. The van der Waals surface area contributed by atoms with Crippen LogP contribution in [-0.4, -0.2) is 40.3 Å². The van der Waals surface area contributed by atoms with Crippen LogP contribution in [0.4, 0.5) is 10.5 Å². The molecule has 0 saturated heterocycles. The minimum Gasteiger partial charge on any atom is -0.462 e. The van der Waals surface area contributed by atoms with Crippen LogP contribution in [0, 0.1) is 0 Å². The summed E-state index contributed by atoms with van der Waals surface area (Å²) in [5, 5.41) is 12.4. The van der Waals surface area contributed by atoms with E-state index in [0.717, 1.165) is 16.7 Å². The minimum atomic E-state index is -0.525. The van der Waals surface area contributed by atoms with E-state index in [2.05, 4.69) is 25.8 Å². The van der Waals surface area contributed by atoms with Gasteiger partial charge in [-0.15, -0.1) is 0 Å². The van der Waals surface area contributed by atoms with Crippen molar-refractivity contribution in [1.29, 1.82) is 0 Å². The lowest BCUT2D eigenvalue weighted by Gasteiger charge is -2.10. The Bertz CT molecular complexity index is 1520. The summed E-state index contributed by atoms with van der Waals surface area (Å²) < 4.78 is 5.10. The van der Waals surface area contributed by atoms with Crippen LogP contribution >= 0.6 is 23.2 Å². The van der Waals surface area contributed by atoms with E-state index in [4.69, 9.17) is 27.9 Å². The van der Waals surface area contributed by atoms with Crippen LogP contribution in [0.2, 0.25) is 10.0 Å². The van der Waals surface area contributed by atoms with Gasteiger partial charge in [-0.1, -0.05) is 53.5 Å². The molecule has 194 valence electrons. The summed E-state index contributed by atoms with van der Waals surface area (Å²) in [6, 6.07) is 15.9. The van der Waals surface area contributed by atoms with Gasteiger partial charge < -0.3 is 15.4 Å². The minimum absolute atomic E-state index is 0.180. The van der Waals surface area contributed by atoms with Gasteiger partial charge in [0, 0.05) is 30.1 Å². The molecule has 0 spiro atoms. The number of nitrogens with one attached hydrogen (secondary N) is 3. The zero-order chi connectivity index (χ0) is 27.1. The molecule has 4 rings (SSSR count). The summed E-state index contributed by atoms with van der Waals surface area (Å²) >= 11 is 12.0. The van der Waals surface area contributed by atoms with Crippen LogP contribution in [0.25, 0.3) is 22.4 Å². The number of ether oxygens (including phenoxy) is 1. The highest BCUT2D eigenvalue weighted by molar-refractivity contribution is 6.39. The molecular formula is C27H23Cl2N5O4. The summed E-state index contributed by atoms with van der Waals surface area (Å²) in [4.78, 5) is 40.6. The zero-order valence-corrected chi connectivity index (χ0v) is 21.8. The first-order chi connectivity index (χ1) is 18.4. The van der Waals surface area contributed by atoms with Crippen LogP contribution < -0.4 is 16.2 Å². The van der Waals surface area contributed by atoms with Crippen LogP contribution in [0.3, 0.4) is 0 Å². The molecule has 0 aliphatic heterocycles. The summed E-state index contributed by atoms with van der Waals surface area (Å²) in [6.45, 7) is 2.24. The number of nitrogens with zero attached hydrogens (tertiary/aromatic N) is 2. The lowest BCUT2D eigenvalue weighted by molar-refractivity contribution is 0.0526. The number of benzene rings is 2. The van der Waals surface area contributed by atoms with Gasteiger partial charge in [-0.3, -0.25) is 9.78 Å². The zero-order valence-electron chi connectivity index (χ0n) is 20.3. The number of urea groups is 1. The highest BCUT2D eigenvalue weighted by atomic mass is 35.5. The largest absolute Gasteiger partial charge is 0.462 e. The lowest BCUT2D eigenvalue weighted by Crippen LogP contribution is -2.31. The molecule has 0 aliphatic rings. The number of rotatable bonds is 8. The Balaban J connectivity index is 1.46. The van der Waals surface area contributed by atoms with Crippen LogP contribution in [0.5, 0.6) is 0 Å². The maximum Gasteiger partial charge on any atom is 0.338 e. The number of amides is 2. The van der Waals surface area contributed by atoms with Gasteiger partial charge in [-0.25, -0.2) is 14.7 Å². The third-order valence-electron chi connectivity index (χ3n) is 5.52. The van der Waals surface area contributed by atoms with Gasteiger partial charge in [0.25, 0.3) is 5.56 Å². The van der Waals surface area contributed by atoms with Gasteiger partial charge in [0.1, 0.15) is 0 Å². The average molecular weight is 552 g/mol. The SMILES string of the molecule is CCOC(=O)c1cccc(-c2cccc(-c3cc(CCNC(=O)Nc4c(Cl)cncc4Cl)c(=O)[nH]n3)c2)c1. The Morgan fingerprint density at radius 2 is 1.66 bits per heavy atom. The van der Waals surface area contributed by atoms with E-state index in [0.29, 0.717) is 23.4 Å². The molecule has 2 aromatic carbocycles. The average Bonchev–Trinajstić information content (AvgIpc) is 2.92. The van der Waals surface area contributed by atoms with Crippen molar-refractivity contribution in [1.82, 2.24) is 20.5 Å². The molecule has 38 heavy (non-hydrogen) atoms. The van der Waals surface area contributed by atoms with Crippen LogP contribution in [-0.2, 0) is 11.2 Å². The predicted molar refractivity (Wildman–Crippen MR) is 147 cm³/mol. The summed E-state index contributed by atoms with van der Waals surface area (Å²) in [5.41, 5.74) is 3.85. The Morgan fingerprint density at radius 3 is 2.39 bits per heavy atom. The lowest BCUT2D eigenvalue weighted by atomic mass is 9.99. The summed E-state index contributed by atoms with van der Waals surface area (Å²) in [7, 11) is 0. The molecule has 0 fully saturated rings. The fourth-order valence-corrected chi connectivity index (χ4v) is 4.14. The number of esters is 1. The Labute approximate surface area is 228 Å². The third-order valence-corrected chi connectivity index (χ3v) is 6.09. The maximum absolute atomic E-state index is 12.4. The first-order valence-electron chi connectivity index (χ1n) is 11.7. The van der Waals surface area contributed by atoms with Crippen molar-refractivity contribution in [3.63, 3.8) is 0 Å². The number of halogens is 2. The molecule has 0 radical (unpaired) electrons. The number of H-pyrrole nitrogens is 1. The van der Waals surface area contributed by atoms with Crippen molar-refractivity contribution in [3.05, 3.63) is 98.5 Å². The standard InChI is InChI=1S/C27H23Cl2N5O4/c1-2-38-26(36)20-8-4-6-17(12-20)16-5-3-7-18(11-16)23-13-19(25(35)34-33-23)9-10-31-27(37)32-24-21(28)14-30-15-22(24)29/h3-8,11-15H,2,9-10H2,1H3,(H,34,35)(H2,30,31,32,37). The quantitative estimate of drug-likeness (QED) is 0.253. The molecule has 9 nitrogen and oxygen atoms in total. The molecule has 3 N–H and O–H groups in total. The van der Waals surface area contributed by atoms with Crippen molar-refractivity contribution < 1.29 is 14.3 Å². The molecule has 2 heterocycles. The van der Waals surface area contributed by atoms with Gasteiger partial charge in [0.05, 0.1) is 33.6 Å². The van der Waals surface area contributed by atoms with Crippen molar-refractivity contribution in [2.45, 2.75) is 13.3 Å². The molecule has 0 bridgehead atoms. The van der Waals surface area contributed by atoms with Crippen LogP contribution in [0.15, 0.2) is 71.8 Å². The van der Waals surface area contributed by atoms with Gasteiger partial charge in [0.2, 0.25) is 0 Å². The molecule has 0 saturated carbocycles. The number of carbonyl (C=O) groups is 2.